The molecule has 7 heteroatoms. The molecule has 1 aromatic rings. The number of carbonyl (C=O) groups is 1. The Morgan fingerprint density at radius 3 is 2.89 bits per heavy atom. The molecular formula is C12H13FN2O4. The summed E-state index contributed by atoms with van der Waals surface area (Å²) in [6, 6.07) is 3.07. The van der Waals surface area contributed by atoms with E-state index in [4.69, 9.17) is 4.74 Å². The number of nitro groups is 1. The fraction of sp³-hybridized carbons (Fsp3) is 0.417. The SMILES string of the molecule is CC1(NC(=O)c2ccc(F)c([N+](=O)[O-])c2)CCOC1. The van der Waals surface area contributed by atoms with E-state index in [2.05, 4.69) is 5.32 Å². The molecule has 0 saturated carbocycles. The lowest BCUT2D eigenvalue weighted by Gasteiger charge is -2.23. The fourth-order valence-corrected chi connectivity index (χ4v) is 1.91. The number of benzene rings is 1. The van der Waals surface area contributed by atoms with Crippen LogP contribution in [0.4, 0.5) is 10.1 Å². The van der Waals surface area contributed by atoms with E-state index >= 15 is 0 Å². The number of nitro benzene ring substituents is 1. The van der Waals surface area contributed by atoms with E-state index in [0.717, 1.165) is 12.1 Å². The lowest BCUT2D eigenvalue weighted by molar-refractivity contribution is -0.387. The third kappa shape index (κ3) is 2.87. The van der Waals surface area contributed by atoms with Crippen LogP contribution in [0.1, 0.15) is 23.7 Å². The van der Waals surface area contributed by atoms with Gasteiger partial charge in [0.25, 0.3) is 5.91 Å². The number of halogens is 1. The Balaban J connectivity index is 2.19. The molecule has 0 aliphatic carbocycles. The van der Waals surface area contributed by atoms with Gasteiger partial charge in [-0.05, 0) is 25.5 Å². The lowest BCUT2D eigenvalue weighted by Crippen LogP contribution is -2.46. The largest absolute Gasteiger partial charge is 0.379 e. The van der Waals surface area contributed by atoms with Crippen LogP contribution in [0.15, 0.2) is 18.2 Å². The predicted octanol–water partition coefficient (Wildman–Crippen LogP) is 1.64. The third-order valence-electron chi connectivity index (χ3n) is 3.04. The van der Waals surface area contributed by atoms with Crippen LogP contribution < -0.4 is 5.32 Å². The zero-order chi connectivity index (χ0) is 14.0. The first-order valence-electron chi connectivity index (χ1n) is 5.75. The molecule has 1 N–H and O–H groups in total. The van der Waals surface area contributed by atoms with Gasteiger partial charge >= 0.3 is 5.69 Å². The maximum Gasteiger partial charge on any atom is 0.305 e. The molecule has 1 heterocycles. The summed E-state index contributed by atoms with van der Waals surface area (Å²) >= 11 is 0. The van der Waals surface area contributed by atoms with Crippen molar-refractivity contribution >= 4 is 11.6 Å². The van der Waals surface area contributed by atoms with E-state index in [9.17, 15) is 19.3 Å². The molecule has 0 aromatic heterocycles. The average molecular weight is 268 g/mol. The second kappa shape index (κ2) is 4.93. The third-order valence-corrected chi connectivity index (χ3v) is 3.04. The summed E-state index contributed by atoms with van der Waals surface area (Å²) in [4.78, 5) is 21.7. The molecule has 6 nitrogen and oxygen atoms in total. The van der Waals surface area contributed by atoms with Gasteiger partial charge in [-0.15, -0.1) is 0 Å². The van der Waals surface area contributed by atoms with Crippen LogP contribution in [-0.4, -0.2) is 29.6 Å². The summed E-state index contributed by atoms with van der Waals surface area (Å²) in [5.41, 5.74) is -1.14. The Hall–Kier alpha value is -2.02. The summed E-state index contributed by atoms with van der Waals surface area (Å²) in [5, 5.41) is 13.4. The minimum Gasteiger partial charge on any atom is -0.379 e. The lowest BCUT2D eigenvalue weighted by atomic mass is 10.0. The second-order valence-corrected chi connectivity index (χ2v) is 4.74. The molecule has 1 aliphatic rings. The average Bonchev–Trinajstić information content (AvgIpc) is 2.75. The highest BCUT2D eigenvalue weighted by molar-refractivity contribution is 5.95. The van der Waals surface area contributed by atoms with Crippen molar-refractivity contribution in [3.63, 3.8) is 0 Å². The van der Waals surface area contributed by atoms with Gasteiger partial charge in [0, 0.05) is 18.2 Å². The zero-order valence-electron chi connectivity index (χ0n) is 10.3. The van der Waals surface area contributed by atoms with Crippen molar-refractivity contribution in [3.8, 4) is 0 Å². The van der Waals surface area contributed by atoms with Crippen LogP contribution in [0, 0.1) is 15.9 Å². The first-order valence-corrected chi connectivity index (χ1v) is 5.75. The number of rotatable bonds is 3. The van der Waals surface area contributed by atoms with Gasteiger partial charge in [0.2, 0.25) is 5.82 Å². The molecule has 1 atom stereocenters. The molecule has 1 saturated heterocycles. The molecule has 1 amide bonds. The Morgan fingerprint density at radius 1 is 1.58 bits per heavy atom. The molecule has 102 valence electrons. The second-order valence-electron chi connectivity index (χ2n) is 4.74. The highest BCUT2D eigenvalue weighted by atomic mass is 19.1. The molecular weight excluding hydrogens is 255 g/mol. The minimum atomic E-state index is -0.961. The van der Waals surface area contributed by atoms with Gasteiger partial charge in [-0.1, -0.05) is 0 Å². The van der Waals surface area contributed by atoms with Crippen molar-refractivity contribution in [1.82, 2.24) is 5.32 Å². The van der Waals surface area contributed by atoms with Gasteiger partial charge in [0.05, 0.1) is 17.1 Å². The number of hydrogen-bond donors (Lipinski definition) is 1. The van der Waals surface area contributed by atoms with Gasteiger partial charge in [0.1, 0.15) is 0 Å². The number of amides is 1. The Morgan fingerprint density at radius 2 is 2.32 bits per heavy atom. The van der Waals surface area contributed by atoms with Gasteiger partial charge in [0.15, 0.2) is 0 Å². The van der Waals surface area contributed by atoms with Crippen LogP contribution >= 0.6 is 0 Å². The van der Waals surface area contributed by atoms with E-state index in [1.54, 1.807) is 0 Å². The van der Waals surface area contributed by atoms with Crippen LogP contribution in [0.5, 0.6) is 0 Å². The van der Waals surface area contributed by atoms with Crippen molar-refractivity contribution in [3.05, 3.63) is 39.7 Å². The number of nitrogens with zero attached hydrogens (tertiary/aromatic N) is 1. The summed E-state index contributed by atoms with van der Waals surface area (Å²) in [5.74, 6) is -1.44. The van der Waals surface area contributed by atoms with Crippen LogP contribution in [0.25, 0.3) is 0 Å². The van der Waals surface area contributed by atoms with Crippen molar-refractivity contribution in [2.75, 3.05) is 13.2 Å². The van der Waals surface area contributed by atoms with Crippen LogP contribution in [0.2, 0.25) is 0 Å². The van der Waals surface area contributed by atoms with Gasteiger partial charge in [-0.2, -0.15) is 4.39 Å². The molecule has 19 heavy (non-hydrogen) atoms. The van der Waals surface area contributed by atoms with Gasteiger partial charge in [-0.25, -0.2) is 0 Å². The van der Waals surface area contributed by atoms with E-state index in [1.165, 1.54) is 6.07 Å². The topological polar surface area (TPSA) is 81.5 Å². The Kier molecular flexibility index (Phi) is 3.48. The van der Waals surface area contributed by atoms with Gasteiger partial charge in [-0.3, -0.25) is 14.9 Å². The standard InChI is InChI=1S/C12H13FN2O4/c1-12(4-5-19-7-12)14-11(16)8-2-3-9(13)10(6-8)15(17)18/h2-3,6H,4-5,7H2,1H3,(H,14,16). The smallest absolute Gasteiger partial charge is 0.305 e. The minimum absolute atomic E-state index is 0.0567. The molecule has 0 spiro atoms. The normalized spacial score (nSPS) is 22.2. The van der Waals surface area contributed by atoms with Gasteiger partial charge < -0.3 is 10.1 Å². The Bertz CT molecular complexity index is 526. The molecule has 1 fully saturated rings. The number of hydrogen-bond acceptors (Lipinski definition) is 4. The van der Waals surface area contributed by atoms with Crippen molar-refractivity contribution in [2.24, 2.45) is 0 Å². The maximum absolute atomic E-state index is 13.2. The molecule has 1 aromatic carbocycles. The number of nitrogens with one attached hydrogen (secondary N) is 1. The highest BCUT2D eigenvalue weighted by Gasteiger charge is 2.32. The first-order chi connectivity index (χ1) is 8.91. The molecule has 0 bridgehead atoms. The van der Waals surface area contributed by atoms with E-state index in [0.29, 0.717) is 19.6 Å². The predicted molar refractivity (Wildman–Crippen MR) is 64.4 cm³/mol. The summed E-state index contributed by atoms with van der Waals surface area (Å²) in [6.07, 6.45) is 0.669. The van der Waals surface area contributed by atoms with E-state index in [1.807, 2.05) is 6.92 Å². The quantitative estimate of drug-likeness (QED) is 0.667. The monoisotopic (exact) mass is 268 g/mol. The van der Waals surface area contributed by atoms with Crippen molar-refractivity contribution < 1.29 is 18.8 Å². The Labute approximate surface area is 108 Å². The maximum atomic E-state index is 13.2. The first kappa shape index (κ1) is 13.4. The fourth-order valence-electron chi connectivity index (χ4n) is 1.91. The van der Waals surface area contributed by atoms with Crippen LogP contribution in [-0.2, 0) is 4.74 Å². The summed E-state index contributed by atoms with van der Waals surface area (Å²) < 4.78 is 18.4. The van der Waals surface area contributed by atoms with E-state index < -0.39 is 27.9 Å². The highest BCUT2D eigenvalue weighted by Crippen LogP contribution is 2.21. The van der Waals surface area contributed by atoms with Crippen molar-refractivity contribution in [1.29, 1.82) is 0 Å². The van der Waals surface area contributed by atoms with Crippen LogP contribution in [0.3, 0.4) is 0 Å². The number of carbonyl (C=O) groups excluding carboxylic acids is 1. The van der Waals surface area contributed by atoms with E-state index in [-0.39, 0.29) is 5.56 Å². The molecule has 1 aliphatic heterocycles. The zero-order valence-corrected chi connectivity index (χ0v) is 10.3. The molecule has 1 unspecified atom stereocenters. The number of ether oxygens (including phenoxy) is 1. The summed E-state index contributed by atoms with van der Waals surface area (Å²) in [7, 11) is 0. The van der Waals surface area contributed by atoms with Crippen molar-refractivity contribution in [2.45, 2.75) is 18.9 Å². The molecule has 0 radical (unpaired) electrons. The summed E-state index contributed by atoms with van der Waals surface area (Å²) in [6.45, 7) is 2.78. The molecule has 2 rings (SSSR count).